The standard InChI is InChI=1S/C31H37BrClN3O6/c1-3-41-20-13-11-19(12-14-20)34-28(38)23-24-30(40)36(15-6-4-5-7-16-37)27(31(24)17-21(32)26(23)42-31)29(39)35-25-18(2)9-8-10-22(25)33/h8-14,21,23-24,26-27,37H,3-7,15-17H2,1-2H3,(H,34,38)(H,35,39)/t21?,23-,24+,26-,27?,31?/m1/s1. The first-order valence-electron chi connectivity index (χ1n) is 14.5. The van der Waals surface area contributed by atoms with E-state index in [1.165, 1.54) is 0 Å². The van der Waals surface area contributed by atoms with Crippen molar-refractivity contribution in [2.45, 2.75) is 68.5 Å². The largest absolute Gasteiger partial charge is 0.494 e. The summed E-state index contributed by atoms with van der Waals surface area (Å²) >= 11 is 10.1. The fourth-order valence-electron chi connectivity index (χ4n) is 6.73. The number of rotatable bonds is 12. The maximum atomic E-state index is 14.2. The van der Waals surface area contributed by atoms with Gasteiger partial charge in [0, 0.05) is 23.7 Å². The van der Waals surface area contributed by atoms with Crippen molar-refractivity contribution < 1.29 is 29.0 Å². The second kappa shape index (κ2) is 12.9. The topological polar surface area (TPSA) is 117 Å². The lowest BCUT2D eigenvalue weighted by Crippen LogP contribution is -2.54. The molecular weight excluding hydrogens is 626 g/mol. The van der Waals surface area contributed by atoms with Crippen LogP contribution in [0.15, 0.2) is 42.5 Å². The summed E-state index contributed by atoms with van der Waals surface area (Å²) in [6.07, 6.45) is 2.81. The Balaban J connectivity index is 1.44. The van der Waals surface area contributed by atoms with Gasteiger partial charge in [0.2, 0.25) is 17.7 Å². The summed E-state index contributed by atoms with van der Waals surface area (Å²) in [4.78, 5) is 43.4. The molecule has 3 aliphatic heterocycles. The normalized spacial score (nSPS) is 27.7. The van der Waals surface area contributed by atoms with E-state index in [1.807, 2.05) is 26.0 Å². The molecule has 3 unspecified atom stereocenters. The summed E-state index contributed by atoms with van der Waals surface area (Å²) in [5.41, 5.74) is 0.710. The quantitative estimate of drug-likeness (QED) is 0.219. The van der Waals surface area contributed by atoms with Gasteiger partial charge in [-0.2, -0.15) is 0 Å². The van der Waals surface area contributed by atoms with Crippen LogP contribution in [0.3, 0.4) is 0 Å². The molecule has 0 saturated carbocycles. The number of amides is 3. The van der Waals surface area contributed by atoms with Crippen molar-refractivity contribution in [3.8, 4) is 5.75 Å². The molecule has 1 spiro atoms. The number of nitrogens with one attached hydrogen (secondary N) is 2. The number of carbonyl (C=O) groups excluding carboxylic acids is 3. The molecule has 0 aliphatic carbocycles. The van der Waals surface area contributed by atoms with Crippen LogP contribution < -0.4 is 15.4 Å². The zero-order valence-corrected chi connectivity index (χ0v) is 26.1. The Hall–Kier alpha value is -2.66. The van der Waals surface area contributed by atoms with E-state index >= 15 is 0 Å². The lowest BCUT2D eigenvalue weighted by atomic mass is 9.70. The van der Waals surface area contributed by atoms with Crippen molar-refractivity contribution in [3.63, 3.8) is 0 Å². The number of carbonyl (C=O) groups is 3. The van der Waals surface area contributed by atoms with Crippen LogP contribution in [0.2, 0.25) is 5.02 Å². The first-order valence-corrected chi connectivity index (χ1v) is 15.8. The number of benzene rings is 2. The summed E-state index contributed by atoms with van der Waals surface area (Å²) in [7, 11) is 0. The number of aryl methyl sites for hydroxylation is 1. The van der Waals surface area contributed by atoms with Gasteiger partial charge in [0.05, 0.1) is 35.3 Å². The molecule has 3 amide bonds. The minimum Gasteiger partial charge on any atom is -0.494 e. The van der Waals surface area contributed by atoms with Crippen molar-refractivity contribution in [2.75, 3.05) is 30.4 Å². The van der Waals surface area contributed by atoms with Crippen molar-refractivity contribution in [3.05, 3.63) is 53.1 Å². The lowest BCUT2D eigenvalue weighted by molar-refractivity contribution is -0.139. The number of anilines is 2. The summed E-state index contributed by atoms with van der Waals surface area (Å²) in [5.74, 6) is -1.84. The molecule has 3 aliphatic rings. The van der Waals surface area contributed by atoms with Gasteiger partial charge in [-0.25, -0.2) is 0 Å². The van der Waals surface area contributed by atoms with Crippen LogP contribution in [0.4, 0.5) is 11.4 Å². The van der Waals surface area contributed by atoms with Gasteiger partial charge >= 0.3 is 0 Å². The van der Waals surface area contributed by atoms with Crippen LogP contribution in [0, 0.1) is 18.8 Å². The fraction of sp³-hybridized carbons (Fsp3) is 0.516. The molecule has 0 aromatic heterocycles. The molecule has 3 N–H and O–H groups in total. The maximum Gasteiger partial charge on any atom is 0.250 e. The highest BCUT2D eigenvalue weighted by Crippen LogP contribution is 2.60. The zero-order chi connectivity index (χ0) is 30.0. The van der Waals surface area contributed by atoms with Crippen molar-refractivity contribution in [1.29, 1.82) is 0 Å². The second-order valence-corrected chi connectivity index (χ2v) is 12.8. The monoisotopic (exact) mass is 661 g/mol. The molecular formula is C31H37BrClN3O6. The van der Waals surface area contributed by atoms with Crippen molar-refractivity contribution in [2.24, 2.45) is 11.8 Å². The number of para-hydroxylation sites is 1. The first kappa shape index (κ1) is 30.8. The number of alkyl halides is 1. The first-order chi connectivity index (χ1) is 20.2. The van der Waals surface area contributed by atoms with E-state index in [9.17, 15) is 14.4 Å². The maximum absolute atomic E-state index is 14.2. The van der Waals surface area contributed by atoms with Gasteiger partial charge < -0.3 is 30.1 Å². The van der Waals surface area contributed by atoms with Gasteiger partial charge in [-0.1, -0.05) is 52.5 Å². The van der Waals surface area contributed by atoms with Gasteiger partial charge in [-0.15, -0.1) is 0 Å². The highest BCUT2D eigenvalue weighted by Gasteiger charge is 2.76. The fourth-order valence-corrected chi connectivity index (χ4v) is 7.94. The van der Waals surface area contributed by atoms with E-state index in [0.29, 0.717) is 54.6 Å². The van der Waals surface area contributed by atoms with E-state index in [1.54, 1.807) is 35.2 Å². The smallest absolute Gasteiger partial charge is 0.250 e. The number of aliphatic hydroxyl groups is 1. The molecule has 6 atom stereocenters. The van der Waals surface area contributed by atoms with Crippen LogP contribution in [0.25, 0.3) is 0 Å². The SMILES string of the molecule is CCOc1ccc(NC(=O)[C@H]2[C@@H]3OC4(CC3Br)C(C(=O)Nc3c(C)cccc3Cl)N(CCCCCCO)C(=O)[C@H]24)cc1. The number of likely N-dealkylation sites (tertiary alicyclic amines) is 1. The van der Waals surface area contributed by atoms with Gasteiger partial charge in [0.1, 0.15) is 17.4 Å². The summed E-state index contributed by atoms with van der Waals surface area (Å²) in [6, 6.07) is 11.5. The Morgan fingerprint density at radius 3 is 2.55 bits per heavy atom. The number of aliphatic hydroxyl groups excluding tert-OH is 1. The van der Waals surface area contributed by atoms with Crippen molar-refractivity contribution >= 4 is 56.6 Å². The predicted octanol–water partition coefficient (Wildman–Crippen LogP) is 4.93. The molecule has 226 valence electrons. The van der Waals surface area contributed by atoms with E-state index in [-0.39, 0.29) is 29.2 Å². The number of halogens is 2. The van der Waals surface area contributed by atoms with Crippen LogP contribution in [0.1, 0.15) is 44.6 Å². The average Bonchev–Trinajstić information content (AvgIpc) is 3.55. The summed E-state index contributed by atoms with van der Waals surface area (Å²) in [5, 5.41) is 15.5. The Bertz CT molecular complexity index is 1310. The van der Waals surface area contributed by atoms with E-state index in [4.69, 9.17) is 26.2 Å². The average molecular weight is 663 g/mol. The van der Waals surface area contributed by atoms with E-state index < -0.39 is 29.6 Å². The molecule has 3 fully saturated rings. The molecule has 11 heteroatoms. The highest BCUT2D eigenvalue weighted by atomic mass is 79.9. The Kier molecular flexibility index (Phi) is 9.47. The minimum atomic E-state index is -1.17. The van der Waals surface area contributed by atoms with Gasteiger partial charge in [0.25, 0.3) is 0 Å². The molecule has 42 heavy (non-hydrogen) atoms. The Morgan fingerprint density at radius 1 is 1.12 bits per heavy atom. The molecule has 2 aromatic carbocycles. The Morgan fingerprint density at radius 2 is 1.86 bits per heavy atom. The van der Waals surface area contributed by atoms with Crippen LogP contribution in [-0.2, 0) is 19.1 Å². The van der Waals surface area contributed by atoms with Crippen LogP contribution in [0.5, 0.6) is 5.75 Å². The van der Waals surface area contributed by atoms with Crippen LogP contribution >= 0.6 is 27.5 Å². The van der Waals surface area contributed by atoms with Gasteiger partial charge in [-0.05, 0) is 69.0 Å². The Labute approximate surface area is 259 Å². The number of fused-ring (bicyclic) bond motifs is 1. The van der Waals surface area contributed by atoms with E-state index in [2.05, 4.69) is 26.6 Å². The third-order valence-corrected chi connectivity index (χ3v) is 9.71. The van der Waals surface area contributed by atoms with E-state index in [0.717, 1.165) is 18.4 Å². The second-order valence-electron chi connectivity index (χ2n) is 11.2. The number of nitrogens with zero attached hydrogens (tertiary/aromatic N) is 1. The molecule has 2 aromatic rings. The predicted molar refractivity (Wildman–Crippen MR) is 164 cm³/mol. The summed E-state index contributed by atoms with van der Waals surface area (Å²) < 4.78 is 12.1. The third kappa shape index (κ3) is 5.66. The number of unbranched alkanes of at least 4 members (excludes halogenated alkanes) is 3. The van der Waals surface area contributed by atoms with Crippen molar-refractivity contribution in [1.82, 2.24) is 4.90 Å². The zero-order valence-electron chi connectivity index (χ0n) is 23.8. The van der Waals surface area contributed by atoms with Gasteiger partial charge in [0.15, 0.2) is 0 Å². The third-order valence-electron chi connectivity index (χ3n) is 8.55. The molecule has 2 bridgehead atoms. The molecule has 0 radical (unpaired) electrons. The van der Waals surface area contributed by atoms with Gasteiger partial charge in [-0.3, -0.25) is 14.4 Å². The minimum absolute atomic E-state index is 0.114. The van der Waals surface area contributed by atoms with Crippen LogP contribution in [-0.4, -0.2) is 70.1 Å². The molecule has 3 heterocycles. The number of ether oxygens (including phenoxy) is 2. The molecule has 9 nitrogen and oxygen atoms in total. The molecule has 3 saturated heterocycles. The summed E-state index contributed by atoms with van der Waals surface area (Å²) in [6.45, 7) is 4.75. The highest BCUT2D eigenvalue weighted by molar-refractivity contribution is 9.09. The number of hydrogen-bond acceptors (Lipinski definition) is 6. The molecule has 5 rings (SSSR count). The lowest BCUT2D eigenvalue weighted by Gasteiger charge is -2.34. The number of hydrogen-bond donors (Lipinski definition) is 3.